The molecule has 1 aliphatic rings. The third kappa shape index (κ3) is 3.85. The molecule has 7 nitrogen and oxygen atoms in total. The van der Waals surface area contributed by atoms with Crippen molar-refractivity contribution < 1.29 is 9.53 Å². The third-order valence-electron chi connectivity index (χ3n) is 4.11. The first-order chi connectivity index (χ1) is 12.5. The van der Waals surface area contributed by atoms with Crippen molar-refractivity contribution in [3.63, 3.8) is 0 Å². The van der Waals surface area contributed by atoms with E-state index in [0.717, 1.165) is 5.56 Å². The predicted molar refractivity (Wildman–Crippen MR) is 103 cm³/mol. The number of amides is 2. The van der Waals surface area contributed by atoms with Crippen molar-refractivity contribution in [2.45, 2.75) is 0 Å². The number of aromatic nitrogens is 2. The van der Waals surface area contributed by atoms with Gasteiger partial charge in [-0.2, -0.15) is 0 Å². The summed E-state index contributed by atoms with van der Waals surface area (Å²) in [5.74, 6) is 1.04. The number of ether oxygens (including phenoxy) is 1. The highest BCUT2D eigenvalue weighted by Gasteiger charge is 2.24. The predicted octanol–water partition coefficient (Wildman–Crippen LogP) is 3.38. The Morgan fingerprint density at radius 2 is 2.00 bits per heavy atom. The number of hydrogen-bond donors (Lipinski definition) is 1. The van der Waals surface area contributed by atoms with E-state index in [9.17, 15) is 4.79 Å². The van der Waals surface area contributed by atoms with Gasteiger partial charge in [0.25, 0.3) is 0 Å². The first-order valence-corrected chi connectivity index (χ1v) is 8.87. The van der Waals surface area contributed by atoms with Gasteiger partial charge in [-0.05, 0) is 18.2 Å². The third-order valence-corrected chi connectivity index (χ3v) is 4.85. The quantitative estimate of drug-likeness (QED) is 0.862. The minimum atomic E-state index is -0.115. The maximum atomic E-state index is 12.7. The van der Waals surface area contributed by atoms with Crippen molar-refractivity contribution in [1.29, 1.82) is 0 Å². The van der Waals surface area contributed by atoms with E-state index in [1.807, 2.05) is 0 Å². The van der Waals surface area contributed by atoms with Crippen LogP contribution in [0.4, 0.5) is 16.3 Å². The summed E-state index contributed by atoms with van der Waals surface area (Å²) in [6.45, 7) is 2.23. The van der Waals surface area contributed by atoms with Crippen molar-refractivity contribution in [2.75, 3.05) is 50.6 Å². The van der Waals surface area contributed by atoms with E-state index in [2.05, 4.69) is 15.3 Å². The largest absolute Gasteiger partial charge is 0.378 e. The lowest BCUT2D eigenvalue weighted by molar-refractivity contribution is 0.0551. The summed E-state index contributed by atoms with van der Waals surface area (Å²) in [5, 5.41) is 3.93. The lowest BCUT2D eigenvalue weighted by Gasteiger charge is -2.31. The Kier molecular flexibility index (Phi) is 5.80. The summed E-state index contributed by atoms with van der Waals surface area (Å²) >= 11 is 12.0. The Bertz CT molecular complexity index is 812. The number of nitrogens with zero attached hydrogens (tertiary/aromatic N) is 4. The molecule has 1 saturated heterocycles. The van der Waals surface area contributed by atoms with E-state index in [1.54, 1.807) is 43.4 Å². The fraction of sp³-hybridized carbons (Fsp3) is 0.353. The van der Waals surface area contributed by atoms with Crippen LogP contribution in [0.15, 0.2) is 24.4 Å². The van der Waals surface area contributed by atoms with Crippen molar-refractivity contribution in [3.8, 4) is 11.4 Å². The van der Waals surface area contributed by atoms with E-state index in [0.29, 0.717) is 53.7 Å². The van der Waals surface area contributed by atoms with Crippen LogP contribution in [0.5, 0.6) is 0 Å². The van der Waals surface area contributed by atoms with Crippen LogP contribution in [0.1, 0.15) is 0 Å². The van der Waals surface area contributed by atoms with E-state index < -0.39 is 0 Å². The molecule has 0 bridgehead atoms. The Balaban J connectivity index is 1.88. The molecule has 0 saturated carbocycles. The molecule has 2 heterocycles. The highest BCUT2D eigenvalue weighted by Crippen LogP contribution is 2.30. The highest BCUT2D eigenvalue weighted by molar-refractivity contribution is 6.42. The average Bonchev–Trinajstić information content (AvgIpc) is 2.69. The number of benzene rings is 1. The molecular weight excluding hydrogens is 377 g/mol. The number of nitrogens with one attached hydrogen (secondary N) is 1. The number of urea groups is 1. The first kappa shape index (κ1) is 18.7. The Morgan fingerprint density at radius 3 is 2.65 bits per heavy atom. The summed E-state index contributed by atoms with van der Waals surface area (Å²) < 4.78 is 5.29. The molecule has 1 aliphatic heterocycles. The lowest BCUT2D eigenvalue weighted by Crippen LogP contribution is -2.47. The van der Waals surface area contributed by atoms with Crippen LogP contribution in [0, 0.1) is 0 Å². The molecule has 1 fully saturated rings. The van der Waals surface area contributed by atoms with Crippen molar-refractivity contribution in [3.05, 3.63) is 34.4 Å². The second-order valence-electron chi connectivity index (χ2n) is 5.75. The summed E-state index contributed by atoms with van der Waals surface area (Å²) in [4.78, 5) is 24.9. The second kappa shape index (κ2) is 8.07. The van der Waals surface area contributed by atoms with E-state index >= 15 is 0 Å². The van der Waals surface area contributed by atoms with Crippen LogP contribution in [0.3, 0.4) is 0 Å². The van der Waals surface area contributed by atoms with Gasteiger partial charge in [0.15, 0.2) is 11.6 Å². The van der Waals surface area contributed by atoms with Crippen LogP contribution in [0.2, 0.25) is 10.0 Å². The molecule has 0 radical (unpaired) electrons. The van der Waals surface area contributed by atoms with Crippen molar-refractivity contribution >= 4 is 40.7 Å². The minimum Gasteiger partial charge on any atom is -0.378 e. The molecule has 0 aliphatic carbocycles. The number of carbonyl (C=O) groups is 1. The number of carbonyl (C=O) groups excluding carboxylic acids is 1. The zero-order valence-corrected chi connectivity index (χ0v) is 16.0. The number of hydrogen-bond acceptors (Lipinski definition) is 5. The molecule has 0 atom stereocenters. The molecule has 3 rings (SSSR count). The average molecular weight is 396 g/mol. The summed E-state index contributed by atoms with van der Waals surface area (Å²) in [6, 6.07) is 5.09. The zero-order chi connectivity index (χ0) is 18.7. The smallest absolute Gasteiger partial charge is 0.324 e. The molecule has 9 heteroatoms. The number of morpholine rings is 1. The topological polar surface area (TPSA) is 70.6 Å². The number of anilines is 2. The summed E-state index contributed by atoms with van der Waals surface area (Å²) in [6.07, 6.45) is 1.62. The molecule has 1 aromatic carbocycles. The molecule has 1 N–H and O–H groups in total. The molecule has 2 amide bonds. The van der Waals surface area contributed by atoms with Crippen molar-refractivity contribution in [1.82, 2.24) is 14.9 Å². The summed E-state index contributed by atoms with van der Waals surface area (Å²) in [5.41, 5.74) is 1.33. The lowest BCUT2D eigenvalue weighted by atomic mass is 10.2. The molecule has 0 spiro atoms. The van der Waals surface area contributed by atoms with Gasteiger partial charge >= 0.3 is 6.03 Å². The second-order valence-corrected chi connectivity index (χ2v) is 6.56. The first-order valence-electron chi connectivity index (χ1n) is 8.12. The SMILES string of the molecule is CNc1nc(-c2ccc(Cl)c(Cl)c2)ncc1N(C)C(=O)N1CCOCC1. The van der Waals surface area contributed by atoms with Gasteiger partial charge in [-0.25, -0.2) is 14.8 Å². The standard InChI is InChI=1S/C17H19Cl2N5O2/c1-20-16-14(23(2)17(25)24-5-7-26-8-6-24)10-21-15(22-16)11-3-4-12(18)13(19)9-11/h3-4,9-10H,5-8H2,1-2H3,(H,20,21,22). The van der Waals surface area contributed by atoms with Gasteiger partial charge in [-0.15, -0.1) is 0 Å². The Labute approximate surface area is 161 Å². The maximum absolute atomic E-state index is 12.7. The zero-order valence-electron chi connectivity index (χ0n) is 14.5. The van der Waals surface area contributed by atoms with Gasteiger partial charge in [-0.1, -0.05) is 23.2 Å². The fourth-order valence-corrected chi connectivity index (χ4v) is 2.95. The molecule has 138 valence electrons. The van der Waals surface area contributed by atoms with Crippen LogP contribution in [0.25, 0.3) is 11.4 Å². The van der Waals surface area contributed by atoms with E-state index in [4.69, 9.17) is 27.9 Å². The normalized spacial score (nSPS) is 14.2. The Hall–Kier alpha value is -2.09. The fourth-order valence-electron chi connectivity index (χ4n) is 2.65. The van der Waals surface area contributed by atoms with Gasteiger partial charge in [0.2, 0.25) is 0 Å². The van der Waals surface area contributed by atoms with Gasteiger partial charge in [0, 0.05) is 32.7 Å². The molecule has 0 unspecified atom stereocenters. The minimum absolute atomic E-state index is 0.115. The molecular formula is C17H19Cl2N5O2. The summed E-state index contributed by atoms with van der Waals surface area (Å²) in [7, 11) is 3.45. The van der Waals surface area contributed by atoms with Crippen LogP contribution >= 0.6 is 23.2 Å². The van der Waals surface area contributed by atoms with E-state index in [1.165, 1.54) is 4.90 Å². The van der Waals surface area contributed by atoms with Gasteiger partial charge in [-0.3, -0.25) is 4.90 Å². The highest BCUT2D eigenvalue weighted by atomic mass is 35.5. The van der Waals surface area contributed by atoms with Gasteiger partial charge in [0.1, 0.15) is 5.69 Å². The monoisotopic (exact) mass is 395 g/mol. The maximum Gasteiger partial charge on any atom is 0.324 e. The van der Waals surface area contributed by atoms with Crippen LogP contribution in [-0.2, 0) is 4.74 Å². The number of halogens is 2. The van der Waals surface area contributed by atoms with Gasteiger partial charge < -0.3 is 15.0 Å². The number of rotatable bonds is 3. The molecule has 26 heavy (non-hydrogen) atoms. The molecule has 2 aromatic rings. The van der Waals surface area contributed by atoms with E-state index in [-0.39, 0.29) is 6.03 Å². The molecule has 1 aromatic heterocycles. The van der Waals surface area contributed by atoms with Crippen LogP contribution in [-0.4, -0.2) is 61.3 Å². The van der Waals surface area contributed by atoms with Crippen molar-refractivity contribution in [2.24, 2.45) is 0 Å². The Morgan fingerprint density at radius 1 is 1.27 bits per heavy atom. The van der Waals surface area contributed by atoms with Crippen LogP contribution < -0.4 is 10.2 Å². The van der Waals surface area contributed by atoms with Gasteiger partial charge in [0.05, 0.1) is 29.5 Å².